The topological polar surface area (TPSA) is 162 Å². The van der Waals surface area contributed by atoms with Crippen LogP contribution in [-0.4, -0.2) is 56.0 Å². The fraction of sp³-hybridized carbons (Fsp3) is 0.429. The van der Waals surface area contributed by atoms with Gasteiger partial charge in [-0.15, -0.1) is 10.2 Å². The number of ketones is 1. The Morgan fingerprint density at radius 3 is 2.92 bits per heavy atom. The fourth-order valence-corrected chi connectivity index (χ4v) is 6.04. The van der Waals surface area contributed by atoms with Gasteiger partial charge in [-0.1, -0.05) is 23.1 Å². The number of anilines is 1. The van der Waals surface area contributed by atoms with Crippen LogP contribution in [0.25, 0.3) is 0 Å². The van der Waals surface area contributed by atoms with E-state index in [4.69, 9.17) is 11.0 Å². The van der Waals surface area contributed by atoms with Crippen molar-refractivity contribution in [2.24, 2.45) is 5.92 Å². The molecule has 0 bridgehead atoms. The first-order valence-electron chi connectivity index (χ1n) is 7.65. The minimum atomic E-state index is -1.35. The Kier molecular flexibility index (Phi) is 3.76. The van der Waals surface area contributed by atoms with Gasteiger partial charge in [0, 0.05) is 10.8 Å². The maximum absolute atomic E-state index is 12.8. The number of carbonyl (C=O) groups is 3. The van der Waals surface area contributed by atoms with Crippen LogP contribution in [0.1, 0.15) is 12.8 Å². The van der Waals surface area contributed by atoms with E-state index in [2.05, 4.69) is 15.5 Å². The second-order valence-electron chi connectivity index (χ2n) is 6.01. The molecule has 12 heteroatoms. The van der Waals surface area contributed by atoms with Gasteiger partial charge in [-0.25, -0.2) is 4.79 Å². The number of nitriles is 1. The minimum Gasteiger partial charge on any atom is -0.477 e. The molecule has 4 heterocycles. The first-order valence-corrected chi connectivity index (χ1v) is 9.28. The van der Waals surface area contributed by atoms with Gasteiger partial charge in [-0.3, -0.25) is 14.5 Å². The number of aliphatic carboxylic acids is 1. The normalized spacial score (nSPS) is 29.2. The second-order valence-corrected chi connectivity index (χ2v) is 8.31. The van der Waals surface area contributed by atoms with E-state index in [9.17, 15) is 19.5 Å². The predicted molar refractivity (Wildman–Crippen MR) is 89.6 cm³/mol. The van der Waals surface area contributed by atoms with Crippen LogP contribution < -0.4 is 11.1 Å². The standard InChI is InChI=1S/C14H12N6O4S2/c15-3-1-6(21)14-5-2-4-17-9(14)10(22)20(14)7(11(23)24)8(5)25-13-19-18-12(16)26-13/h5,9,17H,1-2,4H2,(H2,16,18)(H,23,24)/t5?,9-,14+/m1/s1. The number of nitrogen functional groups attached to an aromatic ring is 1. The monoisotopic (exact) mass is 392 g/mol. The molecule has 3 atom stereocenters. The van der Waals surface area contributed by atoms with Crippen LogP contribution in [0.4, 0.5) is 5.13 Å². The Labute approximate surface area is 155 Å². The van der Waals surface area contributed by atoms with E-state index in [1.54, 1.807) is 0 Å². The number of nitrogens with zero attached hydrogens (tertiary/aromatic N) is 4. The lowest BCUT2D eigenvalue weighted by molar-refractivity contribution is -0.173. The number of amides is 1. The lowest BCUT2D eigenvalue weighted by Gasteiger charge is -2.57. The zero-order chi connectivity index (χ0) is 18.6. The average Bonchev–Trinajstić information content (AvgIpc) is 3.14. The van der Waals surface area contributed by atoms with Crippen LogP contribution in [-0.2, 0) is 14.4 Å². The van der Waals surface area contributed by atoms with Crippen molar-refractivity contribution in [2.45, 2.75) is 28.8 Å². The molecule has 0 spiro atoms. The molecule has 4 N–H and O–H groups in total. The molecule has 3 aliphatic heterocycles. The summed E-state index contributed by atoms with van der Waals surface area (Å²) in [4.78, 5) is 38.8. The zero-order valence-corrected chi connectivity index (χ0v) is 14.8. The van der Waals surface area contributed by atoms with Gasteiger partial charge in [0.05, 0.1) is 12.5 Å². The molecule has 1 unspecified atom stereocenters. The van der Waals surface area contributed by atoms with Crippen LogP contribution in [0, 0.1) is 17.2 Å². The van der Waals surface area contributed by atoms with Crippen LogP contribution in [0.3, 0.4) is 0 Å². The van der Waals surface area contributed by atoms with Crippen molar-refractivity contribution in [3.8, 4) is 6.07 Å². The van der Waals surface area contributed by atoms with Gasteiger partial charge in [-0.2, -0.15) is 5.26 Å². The third-order valence-corrected chi connectivity index (χ3v) is 6.87. The number of hydrogen-bond acceptors (Lipinski definition) is 10. The maximum atomic E-state index is 12.8. The third kappa shape index (κ3) is 1.99. The number of nitrogens with two attached hydrogens (primary N) is 1. The van der Waals surface area contributed by atoms with Crippen LogP contribution in [0.2, 0.25) is 0 Å². The Balaban J connectivity index is 1.85. The van der Waals surface area contributed by atoms with Gasteiger partial charge in [0.2, 0.25) is 11.0 Å². The molecule has 1 aromatic rings. The van der Waals surface area contributed by atoms with Crippen molar-refractivity contribution in [2.75, 3.05) is 12.3 Å². The quantitative estimate of drug-likeness (QED) is 0.560. The van der Waals surface area contributed by atoms with Crippen molar-refractivity contribution < 1.29 is 19.5 Å². The van der Waals surface area contributed by atoms with E-state index >= 15 is 0 Å². The van der Waals surface area contributed by atoms with E-state index in [1.165, 1.54) is 0 Å². The van der Waals surface area contributed by atoms with Gasteiger partial charge in [0.15, 0.2) is 10.1 Å². The molecule has 0 aliphatic carbocycles. The van der Waals surface area contributed by atoms with Crippen molar-refractivity contribution in [3.05, 3.63) is 10.6 Å². The first kappa shape index (κ1) is 17.0. The summed E-state index contributed by atoms with van der Waals surface area (Å²) >= 11 is 2.16. The molecule has 2 fully saturated rings. The number of thioether (sulfide) groups is 1. The molecule has 2 saturated heterocycles. The van der Waals surface area contributed by atoms with E-state index in [1.807, 2.05) is 6.07 Å². The number of nitrogens with one attached hydrogen (secondary N) is 1. The van der Waals surface area contributed by atoms with Gasteiger partial charge < -0.3 is 16.2 Å². The molecule has 3 aliphatic rings. The maximum Gasteiger partial charge on any atom is 0.353 e. The van der Waals surface area contributed by atoms with Gasteiger partial charge in [-0.05, 0) is 13.0 Å². The molecule has 4 rings (SSSR count). The lowest BCUT2D eigenvalue weighted by atomic mass is 9.65. The summed E-state index contributed by atoms with van der Waals surface area (Å²) < 4.78 is 0.434. The van der Waals surface area contributed by atoms with Crippen LogP contribution >= 0.6 is 23.1 Å². The number of carboxylic acids is 1. The van der Waals surface area contributed by atoms with Crippen LogP contribution in [0.5, 0.6) is 0 Å². The summed E-state index contributed by atoms with van der Waals surface area (Å²) in [6, 6.07) is 1.00. The molecule has 1 amide bonds. The number of carbonyl (C=O) groups excluding carboxylic acids is 2. The molecule has 0 aromatic carbocycles. The smallest absolute Gasteiger partial charge is 0.353 e. The van der Waals surface area contributed by atoms with E-state index in [0.717, 1.165) is 28.0 Å². The Hall–Kier alpha value is -2.49. The van der Waals surface area contributed by atoms with E-state index in [0.29, 0.717) is 22.2 Å². The number of Topliss-reactive ketones (excluding diaryl/α,β-unsaturated/α-hetero) is 1. The number of piperidine rings is 1. The lowest BCUT2D eigenvalue weighted by Crippen LogP contribution is -2.83. The van der Waals surface area contributed by atoms with Gasteiger partial charge in [0.1, 0.15) is 17.3 Å². The number of β-lactam (4-membered cyclic amide) rings is 1. The Morgan fingerprint density at radius 2 is 2.31 bits per heavy atom. The summed E-state index contributed by atoms with van der Waals surface area (Å²) in [5.74, 6) is -2.72. The highest BCUT2D eigenvalue weighted by atomic mass is 32.2. The summed E-state index contributed by atoms with van der Waals surface area (Å²) in [5.41, 5.74) is 4.02. The molecule has 0 saturated carbocycles. The molecule has 26 heavy (non-hydrogen) atoms. The highest BCUT2D eigenvalue weighted by Gasteiger charge is 2.75. The van der Waals surface area contributed by atoms with Crippen molar-refractivity contribution in [1.82, 2.24) is 20.4 Å². The predicted octanol–water partition coefficient (Wildman–Crippen LogP) is -0.436. The SMILES string of the molecule is N#CCC(=O)[C@@]12C3CCN[C@@H]1C(=O)N2C(C(=O)O)=C3Sc1nnc(N)s1. The van der Waals surface area contributed by atoms with Crippen LogP contribution in [0.15, 0.2) is 14.9 Å². The minimum absolute atomic E-state index is 0.218. The molecule has 134 valence electrons. The summed E-state index contributed by atoms with van der Waals surface area (Å²) in [6.45, 7) is 0.464. The molecule has 1 aromatic heterocycles. The summed E-state index contributed by atoms with van der Waals surface area (Å²) in [6.07, 6.45) is 0.0694. The number of hydrogen-bond donors (Lipinski definition) is 3. The number of aromatic nitrogens is 2. The molecule has 0 radical (unpaired) electrons. The van der Waals surface area contributed by atoms with E-state index < -0.39 is 41.6 Å². The van der Waals surface area contributed by atoms with Crippen molar-refractivity contribution >= 4 is 45.9 Å². The Morgan fingerprint density at radius 1 is 1.54 bits per heavy atom. The number of carboxylic acid groups (broad SMARTS) is 1. The largest absolute Gasteiger partial charge is 0.477 e. The zero-order valence-electron chi connectivity index (χ0n) is 13.1. The third-order valence-electron chi connectivity index (χ3n) is 4.87. The van der Waals surface area contributed by atoms with Gasteiger partial charge >= 0.3 is 5.97 Å². The molecular formula is C14H12N6O4S2. The first-order chi connectivity index (χ1) is 12.4. The number of rotatable bonds is 5. The average molecular weight is 392 g/mol. The molecular weight excluding hydrogens is 380 g/mol. The Bertz CT molecular complexity index is 921. The summed E-state index contributed by atoms with van der Waals surface area (Å²) in [5, 5.41) is 29.5. The second kappa shape index (κ2) is 5.76. The van der Waals surface area contributed by atoms with Crippen molar-refractivity contribution in [1.29, 1.82) is 5.26 Å². The van der Waals surface area contributed by atoms with Crippen molar-refractivity contribution in [3.63, 3.8) is 0 Å². The highest BCUT2D eigenvalue weighted by Crippen LogP contribution is 2.59. The summed E-state index contributed by atoms with van der Waals surface area (Å²) in [7, 11) is 0. The highest BCUT2D eigenvalue weighted by molar-refractivity contribution is 8.04. The molecule has 10 nitrogen and oxygen atoms in total. The van der Waals surface area contributed by atoms with E-state index in [-0.39, 0.29) is 10.8 Å². The fourth-order valence-electron chi connectivity index (χ4n) is 4.03. The van der Waals surface area contributed by atoms with Gasteiger partial charge in [0.25, 0.3) is 0 Å².